The molecule has 0 bridgehead atoms. The number of ether oxygens (including phenoxy) is 1. The summed E-state index contributed by atoms with van der Waals surface area (Å²) in [7, 11) is 0. The molecule has 0 fully saturated rings. The van der Waals surface area contributed by atoms with Crippen molar-refractivity contribution in [3.8, 4) is 17.2 Å². The number of hydrogen-bond donors (Lipinski definition) is 3. The van der Waals surface area contributed by atoms with E-state index >= 15 is 0 Å². The molecule has 6 nitrogen and oxygen atoms in total. The Morgan fingerprint density at radius 2 is 2.04 bits per heavy atom. The van der Waals surface area contributed by atoms with Gasteiger partial charge in [-0.25, -0.2) is 0 Å². The molecular weight excluding hydrogens is 454 g/mol. The van der Waals surface area contributed by atoms with Crippen LogP contribution in [0.2, 0.25) is 10.0 Å². The Kier molecular flexibility index (Phi) is 6.54. The van der Waals surface area contributed by atoms with Crippen LogP contribution in [-0.4, -0.2) is 27.7 Å². The lowest BCUT2D eigenvalue weighted by atomic mass is 10.0. The first-order valence-corrected chi connectivity index (χ1v) is 8.87. The number of carboxylic acids is 1. The zero-order chi connectivity index (χ0) is 19.6. The maximum Gasteiger partial charge on any atom is 0.322 e. The van der Waals surface area contributed by atoms with Crippen LogP contribution >= 0.6 is 39.1 Å². The molecule has 0 saturated carbocycles. The summed E-state index contributed by atoms with van der Waals surface area (Å²) in [5.41, 5.74) is 0.598. The third-order valence-corrected chi connectivity index (χ3v) is 4.60. The highest BCUT2D eigenvalue weighted by Crippen LogP contribution is 2.43. The van der Waals surface area contributed by atoms with E-state index in [2.05, 4.69) is 26.2 Å². The smallest absolute Gasteiger partial charge is 0.322 e. The van der Waals surface area contributed by atoms with Crippen LogP contribution in [0.25, 0.3) is 0 Å². The van der Waals surface area contributed by atoms with Crippen molar-refractivity contribution in [2.24, 2.45) is 0 Å². The van der Waals surface area contributed by atoms with Gasteiger partial charge in [0.25, 0.3) is 0 Å². The quantitative estimate of drug-likeness (QED) is 0.492. The molecule has 0 radical (unpaired) electrons. The van der Waals surface area contributed by atoms with Crippen molar-refractivity contribution in [1.82, 2.24) is 4.98 Å². The minimum atomic E-state index is -1.18. The number of pyridine rings is 1. The summed E-state index contributed by atoms with van der Waals surface area (Å²) in [5, 5.41) is 20.6. The maximum absolute atomic E-state index is 14.0. The Bertz CT molecular complexity index is 865. The number of hydrogen-bond acceptors (Lipinski definition) is 5. The molecule has 10 heteroatoms. The van der Waals surface area contributed by atoms with Gasteiger partial charge in [-0.2, -0.15) is 9.37 Å². The van der Waals surface area contributed by atoms with Gasteiger partial charge >= 0.3 is 5.97 Å². The summed E-state index contributed by atoms with van der Waals surface area (Å²) >= 11 is 15.3. The molecule has 26 heavy (non-hydrogen) atoms. The normalized spacial score (nSPS) is 10.9. The number of carboxylic acid groups (broad SMARTS) is 1. The summed E-state index contributed by atoms with van der Waals surface area (Å²) in [6, 6.07) is 3.04. The van der Waals surface area contributed by atoms with Crippen LogP contribution in [0, 0.1) is 5.95 Å². The van der Waals surface area contributed by atoms with Gasteiger partial charge in [-0.3, -0.25) is 4.79 Å². The molecule has 1 aromatic heterocycles. The predicted molar refractivity (Wildman–Crippen MR) is 100 cm³/mol. The lowest BCUT2D eigenvalue weighted by molar-refractivity contribution is -0.134. The first kappa shape index (κ1) is 20.5. The largest absolute Gasteiger partial charge is 0.506 e. The van der Waals surface area contributed by atoms with Crippen molar-refractivity contribution in [3.63, 3.8) is 0 Å². The van der Waals surface area contributed by atoms with E-state index in [-0.39, 0.29) is 34.0 Å². The van der Waals surface area contributed by atoms with Gasteiger partial charge in [-0.05, 0) is 34.0 Å². The molecular formula is C16H14BrCl2FN2O4. The number of phenolic OH excluding ortho intramolecular Hbond substituents is 1. The molecule has 0 saturated heterocycles. The van der Waals surface area contributed by atoms with Crippen LogP contribution in [0.1, 0.15) is 25.3 Å². The van der Waals surface area contributed by atoms with E-state index in [1.54, 1.807) is 6.07 Å². The van der Waals surface area contributed by atoms with E-state index in [1.807, 2.05) is 13.8 Å². The Balaban J connectivity index is 2.48. The lowest BCUT2D eigenvalue weighted by Gasteiger charge is -2.16. The number of nitrogens with one attached hydrogen (secondary N) is 1. The summed E-state index contributed by atoms with van der Waals surface area (Å²) < 4.78 is 20.0. The van der Waals surface area contributed by atoms with Crippen molar-refractivity contribution < 1.29 is 24.1 Å². The second-order valence-electron chi connectivity index (χ2n) is 5.56. The van der Waals surface area contributed by atoms with Crippen LogP contribution < -0.4 is 10.1 Å². The van der Waals surface area contributed by atoms with Crippen molar-refractivity contribution in [1.29, 1.82) is 0 Å². The molecule has 2 rings (SSSR count). The van der Waals surface area contributed by atoms with Crippen LogP contribution in [0.15, 0.2) is 16.6 Å². The number of aliphatic carboxylic acids is 1. The minimum absolute atomic E-state index is 0.0113. The van der Waals surface area contributed by atoms with Crippen molar-refractivity contribution >= 4 is 50.9 Å². The molecule has 0 atom stereocenters. The van der Waals surface area contributed by atoms with Crippen molar-refractivity contribution in [2.75, 3.05) is 11.9 Å². The number of halogens is 4. The van der Waals surface area contributed by atoms with Gasteiger partial charge in [0.05, 0.1) is 4.47 Å². The molecule has 3 N–H and O–H groups in total. The fraction of sp³-hybridized carbons (Fsp3) is 0.250. The Labute approximate surface area is 167 Å². The summed E-state index contributed by atoms with van der Waals surface area (Å²) in [5.74, 6) is -2.38. The molecule has 140 valence electrons. The standard InChI is InChI=1S/C16H14BrCl2FN2O4/c1-6(2)8-3-7(4-9(17)13(8)25)26-14-11(18)15(20)22-16(12(14)19)21-5-10(23)24/h3-4,6,25H,5H2,1-2H3,(H,21,22)(H,23,24). The maximum atomic E-state index is 14.0. The second-order valence-corrected chi connectivity index (χ2v) is 7.17. The van der Waals surface area contributed by atoms with Crippen molar-refractivity contribution in [2.45, 2.75) is 19.8 Å². The zero-order valence-electron chi connectivity index (χ0n) is 13.6. The van der Waals surface area contributed by atoms with Gasteiger partial charge in [0, 0.05) is 5.56 Å². The van der Waals surface area contributed by atoms with Gasteiger partial charge in [-0.15, -0.1) is 0 Å². The van der Waals surface area contributed by atoms with E-state index in [0.717, 1.165) is 0 Å². The first-order valence-electron chi connectivity index (χ1n) is 7.32. The van der Waals surface area contributed by atoms with Crippen LogP contribution in [-0.2, 0) is 4.79 Å². The van der Waals surface area contributed by atoms with Crippen LogP contribution in [0.5, 0.6) is 17.2 Å². The van der Waals surface area contributed by atoms with Crippen molar-refractivity contribution in [3.05, 3.63) is 38.2 Å². The number of aromatic hydroxyl groups is 1. The lowest BCUT2D eigenvalue weighted by Crippen LogP contribution is -2.14. The SMILES string of the molecule is CC(C)c1cc(Oc2c(Cl)c(F)nc(NCC(=O)O)c2Cl)cc(Br)c1O. The van der Waals surface area contributed by atoms with Gasteiger partial charge in [0.1, 0.15) is 28.1 Å². The van der Waals surface area contributed by atoms with E-state index in [0.29, 0.717) is 10.0 Å². The zero-order valence-corrected chi connectivity index (χ0v) is 16.7. The monoisotopic (exact) mass is 466 g/mol. The topological polar surface area (TPSA) is 91.7 Å². The Morgan fingerprint density at radius 3 is 2.62 bits per heavy atom. The van der Waals surface area contributed by atoms with E-state index in [1.165, 1.54) is 6.07 Å². The number of anilines is 1. The Hall–Kier alpha value is -1.77. The number of carbonyl (C=O) groups is 1. The molecule has 0 aliphatic carbocycles. The predicted octanol–water partition coefficient (Wildman–Crippen LogP) is 5.41. The highest BCUT2D eigenvalue weighted by atomic mass is 79.9. The third-order valence-electron chi connectivity index (χ3n) is 3.31. The summed E-state index contributed by atoms with van der Waals surface area (Å²) in [6.45, 7) is 3.24. The third kappa shape index (κ3) is 4.49. The average molecular weight is 468 g/mol. The van der Waals surface area contributed by atoms with E-state index < -0.39 is 23.5 Å². The second kappa shape index (κ2) is 8.28. The highest BCUT2D eigenvalue weighted by molar-refractivity contribution is 9.10. The number of benzene rings is 1. The molecule has 0 spiro atoms. The minimum Gasteiger partial charge on any atom is -0.506 e. The first-order chi connectivity index (χ1) is 12.1. The number of nitrogens with zero attached hydrogens (tertiary/aromatic N) is 1. The number of phenols is 1. The van der Waals surface area contributed by atoms with Crippen LogP contribution in [0.3, 0.4) is 0 Å². The van der Waals surface area contributed by atoms with Gasteiger partial charge < -0.3 is 20.3 Å². The van der Waals surface area contributed by atoms with E-state index in [9.17, 15) is 14.3 Å². The molecule has 1 aromatic carbocycles. The molecule has 2 aromatic rings. The molecule has 1 heterocycles. The fourth-order valence-electron chi connectivity index (χ4n) is 2.07. The van der Waals surface area contributed by atoms with Gasteiger partial charge in [-0.1, -0.05) is 37.0 Å². The average Bonchev–Trinajstić information content (AvgIpc) is 2.56. The summed E-state index contributed by atoms with van der Waals surface area (Å²) in [4.78, 5) is 14.2. The fourth-order valence-corrected chi connectivity index (χ4v) is 2.99. The number of aromatic nitrogens is 1. The molecule has 0 amide bonds. The molecule has 0 unspecified atom stereocenters. The Morgan fingerprint density at radius 1 is 1.38 bits per heavy atom. The summed E-state index contributed by atoms with van der Waals surface area (Å²) in [6.07, 6.45) is 0. The van der Waals surface area contributed by atoms with Crippen LogP contribution in [0.4, 0.5) is 10.2 Å². The molecule has 0 aliphatic heterocycles. The van der Waals surface area contributed by atoms with Gasteiger partial charge in [0.2, 0.25) is 5.95 Å². The number of rotatable bonds is 6. The highest BCUT2D eigenvalue weighted by Gasteiger charge is 2.21. The van der Waals surface area contributed by atoms with E-state index in [4.69, 9.17) is 33.0 Å². The molecule has 0 aliphatic rings. The van der Waals surface area contributed by atoms with Gasteiger partial charge in [0.15, 0.2) is 11.6 Å².